The number of amides is 1. The number of aromatic hydroxyl groups is 1. The Bertz CT molecular complexity index is 726. The van der Waals surface area contributed by atoms with E-state index in [1.165, 1.54) is 19.2 Å². The highest BCUT2D eigenvalue weighted by Gasteiger charge is 2.17. The molecular weight excluding hydrogens is 309 g/mol. The number of halogens is 1. The van der Waals surface area contributed by atoms with Crippen molar-refractivity contribution in [3.05, 3.63) is 51.0 Å². The number of ether oxygens (including phenoxy) is 1. The van der Waals surface area contributed by atoms with Gasteiger partial charge < -0.3 is 15.2 Å². The maximum absolute atomic E-state index is 12.9. The molecule has 0 fully saturated rings. The molecule has 2 aromatic rings. The van der Waals surface area contributed by atoms with E-state index in [-0.39, 0.29) is 12.5 Å². The van der Waals surface area contributed by atoms with Crippen LogP contribution in [-0.2, 0) is 11.3 Å². The molecule has 116 valence electrons. The molecule has 2 N–H and O–H groups in total. The number of hydrogen-bond acceptors (Lipinski definition) is 5. The van der Waals surface area contributed by atoms with Crippen LogP contribution in [0.4, 0.5) is 4.39 Å². The Morgan fingerprint density at radius 3 is 2.73 bits per heavy atom. The maximum atomic E-state index is 12.9. The van der Waals surface area contributed by atoms with Gasteiger partial charge in [-0.1, -0.05) is 6.07 Å². The van der Waals surface area contributed by atoms with Gasteiger partial charge in [0.25, 0.3) is 5.91 Å². The van der Waals surface area contributed by atoms with Gasteiger partial charge in [0.05, 0.1) is 12.0 Å². The number of benzene rings is 1. The van der Waals surface area contributed by atoms with E-state index < -0.39 is 17.5 Å². The highest BCUT2D eigenvalue weighted by atomic mass is 32.1. The summed E-state index contributed by atoms with van der Waals surface area (Å²) in [6.07, 6.45) is 0. The molecule has 0 radical (unpaired) electrons. The maximum Gasteiger partial charge on any atom is 0.348 e. The van der Waals surface area contributed by atoms with Crippen LogP contribution in [-0.4, -0.2) is 24.1 Å². The second-order valence-corrected chi connectivity index (χ2v) is 5.64. The number of methoxy groups -OCH3 is 1. The van der Waals surface area contributed by atoms with Crippen molar-refractivity contribution >= 4 is 23.2 Å². The Labute approximate surface area is 130 Å². The lowest BCUT2D eigenvalue weighted by molar-refractivity contribution is 0.0605. The first-order chi connectivity index (χ1) is 10.4. The highest BCUT2D eigenvalue weighted by Crippen LogP contribution is 2.23. The fraction of sp³-hybridized carbons (Fsp3) is 0.200. The highest BCUT2D eigenvalue weighted by molar-refractivity contribution is 7.16. The molecule has 0 aliphatic rings. The Hall–Kier alpha value is -2.41. The van der Waals surface area contributed by atoms with E-state index in [2.05, 4.69) is 10.1 Å². The smallest absolute Gasteiger partial charge is 0.348 e. The summed E-state index contributed by atoms with van der Waals surface area (Å²) in [6, 6.07) is 5.44. The van der Waals surface area contributed by atoms with Gasteiger partial charge in [0.2, 0.25) is 0 Å². The average Bonchev–Trinajstić information content (AvgIpc) is 2.89. The largest absolute Gasteiger partial charge is 0.505 e. The van der Waals surface area contributed by atoms with Crippen molar-refractivity contribution in [1.82, 2.24) is 5.32 Å². The number of rotatable bonds is 4. The van der Waals surface area contributed by atoms with Crippen LogP contribution in [0.3, 0.4) is 0 Å². The van der Waals surface area contributed by atoms with Crippen molar-refractivity contribution < 1.29 is 23.8 Å². The number of carbonyl (C=O) groups is 2. The van der Waals surface area contributed by atoms with Crippen molar-refractivity contribution in [2.24, 2.45) is 0 Å². The number of thiophene rings is 1. The number of esters is 1. The summed E-state index contributed by atoms with van der Waals surface area (Å²) in [7, 11) is 1.28. The quantitative estimate of drug-likeness (QED) is 0.848. The van der Waals surface area contributed by atoms with Crippen LogP contribution in [0.1, 0.15) is 30.5 Å². The van der Waals surface area contributed by atoms with Gasteiger partial charge in [-0.15, -0.1) is 11.3 Å². The third kappa shape index (κ3) is 3.43. The molecule has 0 bridgehead atoms. The van der Waals surface area contributed by atoms with Crippen molar-refractivity contribution in [3.8, 4) is 5.75 Å². The summed E-state index contributed by atoms with van der Waals surface area (Å²) >= 11 is 1.05. The predicted molar refractivity (Wildman–Crippen MR) is 79.6 cm³/mol. The predicted octanol–water partition coefficient (Wildman–Crippen LogP) is 2.62. The molecule has 1 aromatic carbocycles. The van der Waals surface area contributed by atoms with Gasteiger partial charge in [0.1, 0.15) is 4.88 Å². The monoisotopic (exact) mass is 323 g/mol. The Kier molecular flexibility index (Phi) is 4.77. The summed E-state index contributed by atoms with van der Waals surface area (Å²) < 4.78 is 17.6. The van der Waals surface area contributed by atoms with E-state index in [4.69, 9.17) is 0 Å². The average molecular weight is 323 g/mol. The van der Waals surface area contributed by atoms with Crippen molar-refractivity contribution in [3.63, 3.8) is 0 Å². The standard InChI is InChI=1S/C15H14FNO4S/c1-8-5-12(22-13(8)15(20)21-2)14(19)17-7-9-3-4-10(16)11(18)6-9/h3-6,18H,7H2,1-2H3,(H,17,19). The number of nitrogens with one attached hydrogen (secondary N) is 1. The molecule has 0 unspecified atom stereocenters. The first-order valence-corrected chi connectivity index (χ1v) is 7.18. The molecule has 0 saturated heterocycles. The van der Waals surface area contributed by atoms with Crippen LogP contribution in [0.15, 0.2) is 24.3 Å². The van der Waals surface area contributed by atoms with E-state index in [1.54, 1.807) is 13.0 Å². The molecule has 0 aliphatic heterocycles. The minimum Gasteiger partial charge on any atom is -0.505 e. The third-order valence-corrected chi connectivity index (χ3v) is 4.19. The third-order valence-electron chi connectivity index (χ3n) is 2.98. The number of hydrogen-bond donors (Lipinski definition) is 2. The van der Waals surface area contributed by atoms with Crippen molar-refractivity contribution in [2.75, 3.05) is 7.11 Å². The first kappa shape index (κ1) is 16.0. The first-order valence-electron chi connectivity index (χ1n) is 6.36. The molecule has 2 rings (SSSR count). The lowest BCUT2D eigenvalue weighted by Gasteiger charge is -2.04. The zero-order chi connectivity index (χ0) is 16.3. The van der Waals surface area contributed by atoms with Crippen LogP contribution in [0, 0.1) is 12.7 Å². The molecule has 0 atom stereocenters. The molecule has 1 amide bonds. The molecule has 1 aromatic heterocycles. The fourth-order valence-electron chi connectivity index (χ4n) is 1.83. The van der Waals surface area contributed by atoms with E-state index in [0.29, 0.717) is 20.9 Å². The number of phenols is 1. The van der Waals surface area contributed by atoms with Gasteiger partial charge in [0, 0.05) is 6.54 Å². The molecule has 0 aliphatic carbocycles. The molecule has 22 heavy (non-hydrogen) atoms. The minimum absolute atomic E-state index is 0.136. The van der Waals surface area contributed by atoms with Crippen molar-refractivity contribution in [1.29, 1.82) is 0 Å². The summed E-state index contributed by atoms with van der Waals surface area (Å²) in [6.45, 7) is 1.86. The molecule has 5 nitrogen and oxygen atoms in total. The SMILES string of the molecule is COC(=O)c1sc(C(=O)NCc2ccc(F)c(O)c2)cc1C. The van der Waals surface area contributed by atoms with Crippen molar-refractivity contribution in [2.45, 2.75) is 13.5 Å². The van der Waals surface area contributed by atoms with E-state index >= 15 is 0 Å². The molecule has 7 heteroatoms. The molecule has 0 spiro atoms. The fourth-order valence-corrected chi connectivity index (χ4v) is 2.83. The zero-order valence-electron chi connectivity index (χ0n) is 12.0. The second-order valence-electron chi connectivity index (χ2n) is 4.58. The van der Waals surface area contributed by atoms with Crippen LogP contribution in [0.5, 0.6) is 5.75 Å². The van der Waals surface area contributed by atoms with Crippen LogP contribution in [0.2, 0.25) is 0 Å². The van der Waals surface area contributed by atoms with Gasteiger partial charge in [-0.25, -0.2) is 9.18 Å². The lowest BCUT2D eigenvalue weighted by Crippen LogP contribution is -2.21. The summed E-state index contributed by atoms with van der Waals surface area (Å²) in [4.78, 5) is 24.3. The van der Waals surface area contributed by atoms with Gasteiger partial charge >= 0.3 is 5.97 Å². The number of carbonyl (C=O) groups excluding carboxylic acids is 2. The Morgan fingerprint density at radius 2 is 2.09 bits per heavy atom. The zero-order valence-corrected chi connectivity index (χ0v) is 12.8. The van der Waals surface area contributed by atoms with Gasteiger partial charge in [-0.3, -0.25) is 4.79 Å². The van der Waals surface area contributed by atoms with Crippen LogP contribution >= 0.6 is 11.3 Å². The molecule has 0 saturated carbocycles. The summed E-state index contributed by atoms with van der Waals surface area (Å²) in [5.74, 6) is -2.02. The van der Waals surface area contributed by atoms with E-state index in [0.717, 1.165) is 17.4 Å². The Morgan fingerprint density at radius 1 is 1.36 bits per heavy atom. The van der Waals surface area contributed by atoms with Crippen LogP contribution in [0.25, 0.3) is 0 Å². The van der Waals surface area contributed by atoms with Gasteiger partial charge in [0.15, 0.2) is 11.6 Å². The van der Waals surface area contributed by atoms with Crippen LogP contribution < -0.4 is 5.32 Å². The van der Waals surface area contributed by atoms with E-state index in [1.807, 2.05) is 0 Å². The molecule has 1 heterocycles. The second kappa shape index (κ2) is 6.57. The van der Waals surface area contributed by atoms with Gasteiger partial charge in [-0.2, -0.15) is 0 Å². The summed E-state index contributed by atoms with van der Waals surface area (Å²) in [5, 5.41) is 11.9. The van der Waals surface area contributed by atoms with E-state index in [9.17, 15) is 19.1 Å². The van der Waals surface area contributed by atoms with Gasteiger partial charge in [-0.05, 0) is 36.2 Å². The number of aryl methyl sites for hydroxylation is 1. The lowest BCUT2D eigenvalue weighted by atomic mass is 10.2. The molecular formula is C15H14FNO4S. The minimum atomic E-state index is -0.716. The Balaban J connectivity index is 2.06. The number of phenolic OH excluding ortho intramolecular Hbond substituents is 1. The topological polar surface area (TPSA) is 75.6 Å². The normalized spacial score (nSPS) is 10.3. The summed E-state index contributed by atoms with van der Waals surface area (Å²) in [5.41, 5.74) is 1.23.